The molecule has 0 saturated carbocycles. The number of aryl methyl sites for hydroxylation is 2. The Morgan fingerprint density at radius 2 is 1.81 bits per heavy atom. The summed E-state index contributed by atoms with van der Waals surface area (Å²) in [5.41, 5.74) is 2.46. The van der Waals surface area contributed by atoms with E-state index < -0.39 is 5.54 Å². The Hall–Kier alpha value is -2.71. The number of hydrogen-bond donors (Lipinski definition) is 0. The summed E-state index contributed by atoms with van der Waals surface area (Å²) in [5.74, 6) is -0.0546. The number of nitrogens with zero attached hydrogens (tertiary/aromatic N) is 5. The number of methoxy groups -OCH3 is 1. The zero-order valence-electron chi connectivity index (χ0n) is 19.3. The Morgan fingerprint density at radius 3 is 2.44 bits per heavy atom. The van der Waals surface area contributed by atoms with Crippen LogP contribution >= 0.6 is 0 Å². The third-order valence-corrected chi connectivity index (χ3v) is 6.73. The first-order valence-corrected chi connectivity index (χ1v) is 11.3. The van der Waals surface area contributed by atoms with E-state index in [2.05, 4.69) is 16.2 Å². The van der Waals surface area contributed by atoms with Crippen molar-refractivity contribution in [3.05, 3.63) is 53.3 Å². The van der Waals surface area contributed by atoms with E-state index in [0.29, 0.717) is 32.5 Å². The lowest BCUT2D eigenvalue weighted by molar-refractivity contribution is -0.136. The monoisotopic (exact) mass is 439 g/mol. The number of imide groups is 1. The number of carbonyl (C=O) groups excluding carboxylic acids is 2. The van der Waals surface area contributed by atoms with Crippen molar-refractivity contribution in [2.45, 2.75) is 44.8 Å². The lowest BCUT2D eigenvalue weighted by atomic mass is 9.85. The second kappa shape index (κ2) is 9.42. The van der Waals surface area contributed by atoms with Gasteiger partial charge < -0.3 is 9.64 Å². The summed E-state index contributed by atoms with van der Waals surface area (Å²) in [4.78, 5) is 32.7. The van der Waals surface area contributed by atoms with Crippen molar-refractivity contribution in [1.29, 1.82) is 0 Å². The third kappa shape index (κ3) is 4.29. The number of likely N-dealkylation sites (tertiary alicyclic amines) is 1. The number of benzene rings is 1. The molecular weight excluding hydrogens is 406 g/mol. The molecule has 0 unspecified atom stereocenters. The highest BCUT2D eigenvalue weighted by molar-refractivity contribution is 6.07. The molecule has 32 heavy (non-hydrogen) atoms. The lowest BCUT2D eigenvalue weighted by Gasteiger charge is -2.42. The first kappa shape index (κ1) is 22.5. The fourth-order valence-electron chi connectivity index (χ4n) is 4.97. The Balaban J connectivity index is 1.51. The van der Waals surface area contributed by atoms with Crippen LogP contribution in [0.25, 0.3) is 0 Å². The fraction of sp³-hybridized carbons (Fsp3) is 0.542. The largest absolute Gasteiger partial charge is 0.385 e. The van der Waals surface area contributed by atoms with Crippen LogP contribution in [0.2, 0.25) is 0 Å². The Bertz CT molecular complexity index is 950. The molecular formula is C24H33N5O3. The quantitative estimate of drug-likeness (QED) is 0.467. The predicted octanol–water partition coefficient (Wildman–Crippen LogP) is 2.56. The van der Waals surface area contributed by atoms with E-state index in [1.54, 1.807) is 7.11 Å². The van der Waals surface area contributed by atoms with Crippen LogP contribution in [0.15, 0.2) is 36.5 Å². The maximum Gasteiger partial charge on any atom is 0.327 e. The van der Waals surface area contributed by atoms with Crippen molar-refractivity contribution in [2.75, 3.05) is 33.4 Å². The topological polar surface area (TPSA) is 70.9 Å². The standard InChI is InChI=1S/C24H33N5O3/c1-19-21(17-26(2)25-19)18-27-13-10-24(11-14-27)22(30)28(16-20-8-5-4-6-9-20)23(31)29(24)12-7-15-32-3/h4-6,8-9,17H,7,10-16,18H2,1-3H3. The van der Waals surface area contributed by atoms with Crippen LogP contribution in [0.4, 0.5) is 4.79 Å². The van der Waals surface area contributed by atoms with E-state index in [4.69, 9.17) is 4.74 Å². The number of rotatable bonds is 8. The average Bonchev–Trinajstić information content (AvgIpc) is 3.20. The zero-order chi connectivity index (χ0) is 22.7. The minimum atomic E-state index is -0.750. The van der Waals surface area contributed by atoms with Gasteiger partial charge in [0.25, 0.3) is 5.91 Å². The maximum absolute atomic E-state index is 13.7. The normalized spacial score (nSPS) is 18.8. The molecule has 0 bridgehead atoms. The molecule has 2 saturated heterocycles. The first-order chi connectivity index (χ1) is 15.4. The van der Waals surface area contributed by atoms with Crippen molar-refractivity contribution in [1.82, 2.24) is 24.5 Å². The maximum atomic E-state index is 13.7. The van der Waals surface area contributed by atoms with Crippen LogP contribution < -0.4 is 0 Å². The number of ether oxygens (including phenoxy) is 1. The van der Waals surface area contributed by atoms with Gasteiger partial charge in [0.1, 0.15) is 5.54 Å². The van der Waals surface area contributed by atoms with E-state index in [9.17, 15) is 9.59 Å². The summed E-state index contributed by atoms with van der Waals surface area (Å²) in [6, 6.07) is 9.55. The highest BCUT2D eigenvalue weighted by Gasteiger charge is 2.57. The molecule has 1 aromatic carbocycles. The number of carbonyl (C=O) groups is 2. The van der Waals surface area contributed by atoms with Gasteiger partial charge >= 0.3 is 6.03 Å². The van der Waals surface area contributed by atoms with Crippen LogP contribution in [0.5, 0.6) is 0 Å². The number of urea groups is 1. The predicted molar refractivity (Wildman–Crippen MR) is 121 cm³/mol. The minimum absolute atomic E-state index is 0.0546. The van der Waals surface area contributed by atoms with Gasteiger partial charge in [-0.1, -0.05) is 30.3 Å². The SMILES string of the molecule is COCCCN1C(=O)N(Cc2ccccc2)C(=O)C12CCN(Cc1cn(C)nc1C)CC2. The van der Waals surface area contributed by atoms with E-state index in [1.165, 1.54) is 10.5 Å². The average molecular weight is 440 g/mol. The molecule has 0 atom stereocenters. The van der Waals surface area contributed by atoms with Crippen molar-refractivity contribution in [2.24, 2.45) is 7.05 Å². The summed E-state index contributed by atoms with van der Waals surface area (Å²) < 4.78 is 7.05. The van der Waals surface area contributed by atoms with Crippen molar-refractivity contribution >= 4 is 11.9 Å². The minimum Gasteiger partial charge on any atom is -0.385 e. The highest BCUT2D eigenvalue weighted by Crippen LogP contribution is 2.38. The van der Waals surface area contributed by atoms with Crippen molar-refractivity contribution in [3.63, 3.8) is 0 Å². The molecule has 1 spiro atoms. The Morgan fingerprint density at radius 1 is 1.09 bits per heavy atom. The molecule has 2 aromatic rings. The number of amides is 3. The van der Waals surface area contributed by atoms with Crippen LogP contribution in [0.1, 0.15) is 36.1 Å². The van der Waals surface area contributed by atoms with Gasteiger partial charge in [-0.2, -0.15) is 5.10 Å². The van der Waals surface area contributed by atoms with Gasteiger partial charge in [0.15, 0.2) is 0 Å². The molecule has 2 aliphatic rings. The van der Waals surface area contributed by atoms with Gasteiger partial charge in [-0.3, -0.25) is 19.3 Å². The molecule has 3 amide bonds. The van der Waals surface area contributed by atoms with Crippen LogP contribution in [-0.2, 0) is 29.7 Å². The van der Waals surface area contributed by atoms with Crippen molar-refractivity contribution < 1.29 is 14.3 Å². The van der Waals surface area contributed by atoms with Gasteiger partial charge in [-0.25, -0.2) is 4.79 Å². The van der Waals surface area contributed by atoms with E-state index >= 15 is 0 Å². The number of hydrogen-bond acceptors (Lipinski definition) is 5. The second-order valence-electron chi connectivity index (χ2n) is 8.88. The molecule has 3 heterocycles. The molecule has 8 heteroatoms. The van der Waals surface area contributed by atoms with Gasteiger partial charge in [0.05, 0.1) is 12.2 Å². The van der Waals surface area contributed by atoms with Crippen LogP contribution in [-0.4, -0.2) is 75.3 Å². The summed E-state index contributed by atoms with van der Waals surface area (Å²) in [7, 11) is 3.59. The van der Waals surface area contributed by atoms with Crippen LogP contribution in [0.3, 0.4) is 0 Å². The van der Waals surface area contributed by atoms with E-state index in [-0.39, 0.29) is 11.9 Å². The molecule has 8 nitrogen and oxygen atoms in total. The molecule has 0 aliphatic carbocycles. The van der Waals surface area contributed by atoms with Gasteiger partial charge in [0, 0.05) is 58.7 Å². The zero-order valence-corrected chi connectivity index (χ0v) is 19.3. The number of aromatic nitrogens is 2. The van der Waals surface area contributed by atoms with E-state index in [1.807, 2.05) is 53.9 Å². The third-order valence-electron chi connectivity index (χ3n) is 6.73. The highest BCUT2D eigenvalue weighted by atomic mass is 16.5. The second-order valence-corrected chi connectivity index (χ2v) is 8.88. The molecule has 172 valence electrons. The van der Waals surface area contributed by atoms with E-state index in [0.717, 1.165) is 37.3 Å². The molecule has 0 radical (unpaired) electrons. The van der Waals surface area contributed by atoms with Crippen molar-refractivity contribution in [3.8, 4) is 0 Å². The molecule has 0 N–H and O–H groups in total. The summed E-state index contributed by atoms with van der Waals surface area (Å²) in [6.07, 6.45) is 4.07. The van der Waals surface area contributed by atoms with Gasteiger partial charge in [-0.15, -0.1) is 0 Å². The molecule has 2 aliphatic heterocycles. The molecule has 4 rings (SSSR count). The Labute approximate surface area is 189 Å². The first-order valence-electron chi connectivity index (χ1n) is 11.3. The molecule has 2 fully saturated rings. The summed E-state index contributed by atoms with van der Waals surface area (Å²) in [6.45, 7) is 5.80. The summed E-state index contributed by atoms with van der Waals surface area (Å²) in [5, 5.41) is 4.44. The van der Waals surface area contributed by atoms with Gasteiger partial charge in [-0.05, 0) is 31.7 Å². The number of piperidine rings is 1. The van der Waals surface area contributed by atoms with Crippen LogP contribution in [0, 0.1) is 6.92 Å². The Kier molecular flexibility index (Phi) is 6.62. The van der Waals surface area contributed by atoms with Gasteiger partial charge in [0.2, 0.25) is 0 Å². The lowest BCUT2D eigenvalue weighted by Crippen LogP contribution is -2.56. The summed E-state index contributed by atoms with van der Waals surface area (Å²) >= 11 is 0. The fourth-order valence-corrected chi connectivity index (χ4v) is 4.97. The smallest absolute Gasteiger partial charge is 0.327 e. The molecule has 1 aromatic heterocycles.